The molecule has 0 unspecified atom stereocenters. The largest absolute Gasteiger partial charge is 0.495 e. The summed E-state index contributed by atoms with van der Waals surface area (Å²) in [5.41, 5.74) is 1.73. The molecule has 0 bridgehead atoms. The summed E-state index contributed by atoms with van der Waals surface area (Å²) in [6, 6.07) is 12.6. The molecule has 0 saturated heterocycles. The van der Waals surface area contributed by atoms with E-state index in [1.165, 1.54) is 7.11 Å². The van der Waals surface area contributed by atoms with Crippen molar-refractivity contribution in [3.05, 3.63) is 53.6 Å². The number of benzene rings is 2. The number of fused-ring (bicyclic) bond motifs is 1. The normalized spacial score (nSPS) is 17.1. The molecule has 0 spiro atoms. The van der Waals surface area contributed by atoms with Gasteiger partial charge in [-0.3, -0.25) is 9.10 Å². The van der Waals surface area contributed by atoms with Gasteiger partial charge in [0.25, 0.3) is 0 Å². The van der Waals surface area contributed by atoms with Crippen molar-refractivity contribution in [1.82, 2.24) is 5.32 Å². The monoisotopic (exact) mass is 460 g/mol. The summed E-state index contributed by atoms with van der Waals surface area (Å²) in [6.45, 7) is 5.67. The maximum atomic E-state index is 13.1. The number of methoxy groups -OCH3 is 1. The predicted molar refractivity (Wildman–Crippen MR) is 126 cm³/mol. The minimum Gasteiger partial charge on any atom is -0.495 e. The number of hydrogen-bond donors (Lipinski definition) is 1. The van der Waals surface area contributed by atoms with Gasteiger partial charge in [-0.15, -0.1) is 0 Å². The summed E-state index contributed by atoms with van der Waals surface area (Å²) in [4.78, 5) is 13.1. The molecule has 1 aliphatic rings. The van der Waals surface area contributed by atoms with E-state index in [0.717, 1.165) is 40.3 Å². The third-order valence-corrected chi connectivity index (χ3v) is 7.24. The van der Waals surface area contributed by atoms with Crippen molar-refractivity contribution in [3.8, 4) is 11.5 Å². The van der Waals surface area contributed by atoms with Crippen LogP contribution in [0.15, 0.2) is 42.5 Å². The van der Waals surface area contributed by atoms with E-state index in [1.54, 1.807) is 12.1 Å². The average molecular weight is 461 g/mol. The molecule has 174 valence electrons. The van der Waals surface area contributed by atoms with Crippen LogP contribution in [0.1, 0.15) is 50.3 Å². The zero-order valence-corrected chi connectivity index (χ0v) is 20.2. The van der Waals surface area contributed by atoms with E-state index in [1.807, 2.05) is 37.3 Å². The Morgan fingerprint density at radius 2 is 1.91 bits per heavy atom. The van der Waals surface area contributed by atoms with E-state index in [-0.39, 0.29) is 24.1 Å². The molecule has 0 saturated carbocycles. The molecule has 0 aromatic heterocycles. The van der Waals surface area contributed by atoms with Gasteiger partial charge in [0.15, 0.2) is 0 Å². The summed E-state index contributed by atoms with van der Waals surface area (Å²) in [7, 11) is -2.25. The summed E-state index contributed by atoms with van der Waals surface area (Å²) in [5, 5.41) is 3.06. The Kier molecular flexibility index (Phi) is 7.03. The fourth-order valence-corrected chi connectivity index (χ4v) is 5.03. The molecule has 8 heteroatoms. The molecule has 2 aromatic rings. The van der Waals surface area contributed by atoms with E-state index < -0.39 is 10.0 Å². The minimum atomic E-state index is -3.73. The third-order valence-electron chi connectivity index (χ3n) is 6.11. The molecule has 3 rings (SSSR count). The van der Waals surface area contributed by atoms with Gasteiger partial charge in [-0.2, -0.15) is 0 Å². The lowest BCUT2D eigenvalue weighted by molar-refractivity contribution is -0.121. The molecule has 32 heavy (non-hydrogen) atoms. The maximum absolute atomic E-state index is 13.1. The Hall–Kier alpha value is -2.74. The van der Waals surface area contributed by atoms with Crippen LogP contribution in [0.2, 0.25) is 0 Å². The minimum absolute atomic E-state index is 0.270. The number of carbonyl (C=O) groups is 1. The summed E-state index contributed by atoms with van der Waals surface area (Å²) in [5.74, 6) is 0.760. The number of aryl methyl sites for hydroxylation is 1. The van der Waals surface area contributed by atoms with Crippen molar-refractivity contribution in [2.24, 2.45) is 0 Å². The lowest BCUT2D eigenvalue weighted by Gasteiger charge is -2.41. The van der Waals surface area contributed by atoms with Crippen LogP contribution < -0.4 is 19.1 Å². The van der Waals surface area contributed by atoms with Crippen molar-refractivity contribution in [1.29, 1.82) is 0 Å². The third kappa shape index (κ3) is 5.01. The van der Waals surface area contributed by atoms with Crippen LogP contribution in [-0.2, 0) is 14.8 Å². The molecule has 0 radical (unpaired) electrons. The molecule has 7 nitrogen and oxygen atoms in total. The van der Waals surface area contributed by atoms with Crippen molar-refractivity contribution in [2.75, 3.05) is 24.2 Å². The van der Waals surface area contributed by atoms with Crippen LogP contribution in [-0.4, -0.2) is 39.8 Å². The first kappa shape index (κ1) is 23.9. The van der Waals surface area contributed by atoms with Gasteiger partial charge in [0.2, 0.25) is 15.9 Å². The van der Waals surface area contributed by atoms with Crippen molar-refractivity contribution in [2.45, 2.75) is 51.7 Å². The molecule has 1 atom stereocenters. The molecule has 1 N–H and O–H groups in total. The van der Waals surface area contributed by atoms with Crippen molar-refractivity contribution < 1.29 is 22.7 Å². The first-order valence-electron chi connectivity index (χ1n) is 10.8. The number of anilines is 1. The van der Waals surface area contributed by atoms with Crippen LogP contribution in [0.25, 0.3) is 0 Å². The zero-order chi connectivity index (χ0) is 23.5. The van der Waals surface area contributed by atoms with Gasteiger partial charge >= 0.3 is 0 Å². The molecule has 0 aliphatic carbocycles. The van der Waals surface area contributed by atoms with E-state index in [0.29, 0.717) is 17.9 Å². The Morgan fingerprint density at radius 1 is 1.22 bits per heavy atom. The summed E-state index contributed by atoms with van der Waals surface area (Å²) >= 11 is 0. The Balaban J connectivity index is 1.89. The number of carbonyl (C=O) groups excluding carboxylic acids is 1. The highest BCUT2D eigenvalue weighted by Gasteiger charge is 2.39. The van der Waals surface area contributed by atoms with E-state index >= 15 is 0 Å². The highest BCUT2D eigenvalue weighted by Crippen LogP contribution is 2.42. The number of rotatable bonds is 8. The molecule has 1 aliphatic heterocycles. The van der Waals surface area contributed by atoms with Gasteiger partial charge in [0.05, 0.1) is 25.1 Å². The molecule has 1 amide bonds. The molecule has 1 heterocycles. The van der Waals surface area contributed by atoms with Gasteiger partial charge in [-0.25, -0.2) is 8.42 Å². The van der Waals surface area contributed by atoms with Crippen LogP contribution in [0.5, 0.6) is 11.5 Å². The highest BCUT2D eigenvalue weighted by molar-refractivity contribution is 7.92. The summed E-state index contributed by atoms with van der Waals surface area (Å²) in [6.07, 6.45) is 3.32. The zero-order valence-electron chi connectivity index (χ0n) is 19.3. The quantitative estimate of drug-likeness (QED) is 0.644. The average Bonchev–Trinajstić information content (AvgIpc) is 2.76. The first-order chi connectivity index (χ1) is 15.1. The van der Waals surface area contributed by atoms with Crippen LogP contribution >= 0.6 is 0 Å². The number of nitrogens with zero attached hydrogens (tertiary/aromatic N) is 1. The topological polar surface area (TPSA) is 84.9 Å². The Labute approximate surface area is 190 Å². The number of ether oxygens (including phenoxy) is 2. The van der Waals surface area contributed by atoms with E-state index in [9.17, 15) is 13.2 Å². The van der Waals surface area contributed by atoms with Crippen LogP contribution in [0.4, 0.5) is 5.69 Å². The number of nitrogens with one attached hydrogen (secondary N) is 1. The molecule has 2 aromatic carbocycles. The number of sulfonamides is 1. The van der Waals surface area contributed by atoms with Crippen molar-refractivity contribution in [3.63, 3.8) is 0 Å². The lowest BCUT2D eigenvalue weighted by atomic mass is 9.83. The lowest BCUT2D eigenvalue weighted by Crippen LogP contribution is -2.47. The number of hydrogen-bond acceptors (Lipinski definition) is 5. The predicted octanol–water partition coefficient (Wildman–Crippen LogP) is 3.97. The second-order valence-corrected chi connectivity index (χ2v) is 10.2. The fraction of sp³-hybridized carbons (Fsp3) is 0.458. The van der Waals surface area contributed by atoms with Gasteiger partial charge in [0, 0.05) is 12.0 Å². The SMILES string of the molecule is CCC1(CC)C[C@H](NC(=O)CN(c2cc(C)ccc2OC)S(C)(=O)=O)c2ccccc2O1. The van der Waals surface area contributed by atoms with Gasteiger partial charge in [0.1, 0.15) is 23.6 Å². The fourth-order valence-electron chi connectivity index (χ4n) is 4.18. The van der Waals surface area contributed by atoms with Gasteiger partial charge < -0.3 is 14.8 Å². The molecule has 0 fully saturated rings. The number of amides is 1. The standard InChI is InChI=1S/C24H32N2O5S/c1-6-24(7-2)15-19(18-10-8-9-11-21(18)31-24)25-23(27)16-26(32(5,28)29)20-14-17(3)12-13-22(20)30-4/h8-14,19H,6-7,15-16H2,1-5H3,(H,25,27)/t19-/m0/s1. The van der Waals surface area contributed by atoms with Crippen LogP contribution in [0.3, 0.4) is 0 Å². The smallest absolute Gasteiger partial charge is 0.241 e. The van der Waals surface area contributed by atoms with Gasteiger partial charge in [-0.05, 0) is 43.5 Å². The first-order valence-corrected chi connectivity index (χ1v) is 12.7. The van der Waals surface area contributed by atoms with E-state index in [2.05, 4.69) is 19.2 Å². The number of para-hydroxylation sites is 1. The molecular formula is C24H32N2O5S. The second-order valence-electron chi connectivity index (χ2n) is 8.30. The Bertz CT molecular complexity index is 1080. The van der Waals surface area contributed by atoms with Crippen LogP contribution in [0, 0.1) is 6.92 Å². The maximum Gasteiger partial charge on any atom is 0.241 e. The van der Waals surface area contributed by atoms with Crippen molar-refractivity contribution >= 4 is 21.6 Å². The second kappa shape index (κ2) is 9.40. The summed E-state index contributed by atoms with van der Waals surface area (Å²) < 4.78 is 38.0. The molecular weight excluding hydrogens is 428 g/mol. The Morgan fingerprint density at radius 3 is 2.53 bits per heavy atom. The van der Waals surface area contributed by atoms with Gasteiger partial charge in [-0.1, -0.05) is 38.1 Å². The van der Waals surface area contributed by atoms with E-state index in [4.69, 9.17) is 9.47 Å². The highest BCUT2D eigenvalue weighted by atomic mass is 32.2.